The molecule has 3 aromatic rings. The van der Waals surface area contributed by atoms with Crippen LogP contribution in [0.4, 0.5) is 0 Å². The van der Waals surface area contributed by atoms with E-state index in [2.05, 4.69) is 55.6 Å². The van der Waals surface area contributed by atoms with E-state index in [-0.39, 0.29) is 50.7 Å². The van der Waals surface area contributed by atoms with E-state index in [9.17, 15) is 4.79 Å². The summed E-state index contributed by atoms with van der Waals surface area (Å²) in [6.07, 6.45) is 0. The van der Waals surface area contributed by atoms with Crippen molar-refractivity contribution >= 4 is 26.2 Å². The van der Waals surface area contributed by atoms with E-state index < -0.39 is 5.91 Å². The molecule has 3 aromatic carbocycles. The van der Waals surface area contributed by atoms with Crippen LogP contribution in [0, 0.1) is 6.92 Å². The zero-order valence-corrected chi connectivity index (χ0v) is 20.6. The van der Waals surface area contributed by atoms with Crippen molar-refractivity contribution in [3.8, 4) is 0 Å². The molecule has 0 bridgehead atoms. The van der Waals surface area contributed by atoms with Gasteiger partial charge in [0.2, 0.25) is 0 Å². The fraction of sp³-hybridized carbons (Fsp3) is 0.158. The van der Waals surface area contributed by atoms with E-state index in [1.807, 2.05) is 19.1 Å². The summed E-state index contributed by atoms with van der Waals surface area (Å²) in [5.74, 6) is -0.613. The number of hydrogen-bond acceptors (Lipinski definition) is 1. The molecule has 0 heterocycles. The third kappa shape index (κ3) is 10.7. The topological polar surface area (TPSA) is 40.9 Å². The quantitative estimate of drug-likeness (QED) is 0.296. The maximum absolute atomic E-state index is 10.5. The Labute approximate surface area is 184 Å². The van der Waals surface area contributed by atoms with Gasteiger partial charge in [0.15, 0.2) is 0 Å². The van der Waals surface area contributed by atoms with Gasteiger partial charge in [0, 0.05) is 15.1 Å². The molecular formula is C19H21Cl2HfNOSi. The van der Waals surface area contributed by atoms with Crippen molar-refractivity contribution in [2.75, 3.05) is 0 Å². The third-order valence-electron chi connectivity index (χ3n) is 2.94. The Kier molecular flexibility index (Phi) is 19.3. The van der Waals surface area contributed by atoms with Gasteiger partial charge in [-0.05, 0) is 12.5 Å². The number of fused-ring (bicyclic) bond motifs is 1. The zero-order valence-electron chi connectivity index (χ0n) is 14.5. The maximum Gasteiger partial charge on any atom is 4.00 e. The molecule has 0 aromatic heterocycles. The van der Waals surface area contributed by atoms with Crippen LogP contribution in [0.2, 0.25) is 13.1 Å². The van der Waals surface area contributed by atoms with Crippen LogP contribution in [0.25, 0.3) is 16.5 Å². The van der Waals surface area contributed by atoms with Crippen molar-refractivity contribution in [2.24, 2.45) is 0 Å². The number of carbonyl (C=O) groups excluding carboxylic acids is 1. The van der Waals surface area contributed by atoms with Crippen LogP contribution in [0.5, 0.6) is 0 Å². The van der Waals surface area contributed by atoms with Crippen molar-refractivity contribution in [1.82, 2.24) is 0 Å². The molecule has 3 rings (SSSR count). The summed E-state index contributed by atoms with van der Waals surface area (Å²) in [5, 5.41) is 2.66. The summed E-state index contributed by atoms with van der Waals surface area (Å²) in [7, 11) is 1.08. The number of amides is 1. The van der Waals surface area contributed by atoms with Crippen molar-refractivity contribution in [2.45, 2.75) is 20.0 Å². The average molecular weight is 557 g/mol. The van der Waals surface area contributed by atoms with Crippen LogP contribution >= 0.6 is 0 Å². The Morgan fingerprint density at radius 2 is 1.48 bits per heavy atom. The number of aryl methyl sites for hydroxylation is 1. The number of benzene rings is 2. The van der Waals surface area contributed by atoms with E-state index in [1.54, 1.807) is 12.1 Å². The van der Waals surface area contributed by atoms with Gasteiger partial charge in [-0.25, -0.2) is 0 Å². The van der Waals surface area contributed by atoms with Crippen LogP contribution < -0.4 is 24.8 Å². The standard InChI is InChI=1S/C9H7.C8H9NO.C2H6Si.2ClH.Hf/c1-2-5-9-7-3-6-8(9)4-1;1-6-4-2-3-5-7(6)8(9)10;1-3-2;;;/h1-7H;2-5H,1H3,(H2,9,10);1-2H3;2*1H;/q-1;;;;;+4/p-3. The van der Waals surface area contributed by atoms with Crippen LogP contribution in [0.3, 0.4) is 0 Å². The van der Waals surface area contributed by atoms with Crippen molar-refractivity contribution < 1.29 is 55.5 Å². The van der Waals surface area contributed by atoms with E-state index in [0.717, 1.165) is 15.1 Å². The monoisotopic (exact) mass is 557 g/mol. The molecule has 0 aliphatic heterocycles. The zero-order chi connectivity index (χ0) is 16.4. The normalized spacial score (nSPS) is 8.12. The van der Waals surface area contributed by atoms with Crippen LogP contribution in [-0.4, -0.2) is 15.4 Å². The van der Waals surface area contributed by atoms with Gasteiger partial charge in [-0.2, -0.15) is 17.5 Å². The summed E-state index contributed by atoms with van der Waals surface area (Å²) in [6.45, 7) is 6.13. The van der Waals surface area contributed by atoms with Crippen LogP contribution in [-0.2, 0) is 25.8 Å². The second-order valence-electron chi connectivity index (χ2n) is 4.80. The summed E-state index contributed by atoms with van der Waals surface area (Å²) >= 11 is 0. The van der Waals surface area contributed by atoms with Crippen molar-refractivity contribution in [1.29, 1.82) is 0 Å². The first-order valence-electron chi connectivity index (χ1n) is 7.10. The number of halogens is 2. The number of hydrogen-bond donors (Lipinski definition) is 0. The molecule has 0 aliphatic rings. The molecule has 2 nitrogen and oxygen atoms in total. The van der Waals surface area contributed by atoms with Gasteiger partial charge in [-0.1, -0.05) is 43.4 Å². The van der Waals surface area contributed by atoms with Gasteiger partial charge in [0.1, 0.15) is 0 Å². The molecule has 6 heteroatoms. The third-order valence-corrected chi connectivity index (χ3v) is 2.94. The Morgan fingerprint density at radius 3 is 1.96 bits per heavy atom. The van der Waals surface area contributed by atoms with Crippen LogP contribution in [0.1, 0.15) is 15.9 Å². The fourth-order valence-corrected chi connectivity index (χ4v) is 1.90. The fourth-order valence-electron chi connectivity index (χ4n) is 1.90. The van der Waals surface area contributed by atoms with E-state index in [0.29, 0.717) is 5.56 Å². The maximum atomic E-state index is 10.5. The first kappa shape index (κ1) is 29.0. The number of carbonyl (C=O) groups is 1. The Morgan fingerprint density at radius 1 is 0.960 bits per heavy atom. The molecule has 0 saturated heterocycles. The predicted molar refractivity (Wildman–Crippen MR) is 96.9 cm³/mol. The van der Waals surface area contributed by atoms with E-state index >= 15 is 0 Å². The first-order chi connectivity index (χ1) is 10.6. The minimum absolute atomic E-state index is 0. The molecule has 0 spiro atoms. The number of nitrogens with one attached hydrogen (secondary N) is 1. The second kappa shape index (κ2) is 16.6. The molecular weight excluding hydrogens is 536 g/mol. The first-order valence-corrected chi connectivity index (χ1v) is 9.10. The molecule has 130 valence electrons. The minimum Gasteiger partial charge on any atom is -1.00 e. The molecule has 25 heavy (non-hydrogen) atoms. The van der Waals surface area contributed by atoms with E-state index in [1.165, 1.54) is 10.8 Å². The van der Waals surface area contributed by atoms with Crippen molar-refractivity contribution in [3.05, 3.63) is 83.6 Å². The summed E-state index contributed by atoms with van der Waals surface area (Å²) in [4.78, 5) is 10.5. The van der Waals surface area contributed by atoms with Gasteiger partial charge in [-0.3, -0.25) is 0 Å². The molecule has 0 aliphatic carbocycles. The smallest absolute Gasteiger partial charge is 1.00 e. The van der Waals surface area contributed by atoms with Gasteiger partial charge in [0.25, 0.3) is 0 Å². The van der Waals surface area contributed by atoms with Gasteiger partial charge in [-0.15, -0.1) is 29.7 Å². The molecule has 1 amide bonds. The summed E-state index contributed by atoms with van der Waals surface area (Å²) in [5.41, 5.74) is 8.17. The summed E-state index contributed by atoms with van der Waals surface area (Å²) in [6, 6.07) is 21.8. The predicted octanol–water partition coefficient (Wildman–Crippen LogP) is -0.462. The van der Waals surface area contributed by atoms with Gasteiger partial charge < -0.3 is 35.3 Å². The average Bonchev–Trinajstić information content (AvgIpc) is 2.97. The number of rotatable bonds is 1. The molecule has 0 unspecified atom stereocenters. The largest absolute Gasteiger partial charge is 4.00 e. The van der Waals surface area contributed by atoms with Gasteiger partial charge in [0.05, 0.1) is 5.91 Å². The molecule has 0 saturated carbocycles. The molecule has 1 N–H and O–H groups in total. The Balaban J connectivity index is -0.000000304. The van der Waals surface area contributed by atoms with Crippen LogP contribution in [0.15, 0.2) is 66.7 Å². The molecule has 0 fully saturated rings. The van der Waals surface area contributed by atoms with Crippen molar-refractivity contribution in [3.63, 3.8) is 0 Å². The summed E-state index contributed by atoms with van der Waals surface area (Å²) < 4.78 is 0. The molecule has 2 radical (unpaired) electrons. The second-order valence-corrected chi connectivity index (χ2v) is 5.80. The minimum atomic E-state index is -0.613. The SMILES string of the molecule is C[Si]C.Cc1ccccc1C([NH-])=O.[Cl-].[Cl-].[Hf+4].c1ccc2[cH-]ccc2c1. The Hall–Kier alpha value is -0.813. The van der Waals surface area contributed by atoms with Gasteiger partial charge >= 0.3 is 25.8 Å². The Bertz CT molecular complexity index is 689. The molecule has 0 atom stereocenters. The van der Waals surface area contributed by atoms with E-state index in [4.69, 9.17) is 5.73 Å².